The molecule has 1 atom stereocenters. The van der Waals surface area contributed by atoms with Gasteiger partial charge in [-0.3, -0.25) is 4.79 Å². The maximum Gasteiger partial charge on any atom is 0.255 e. The standard InChI is InChI=1S/C15H22BrN3O/c1-3-6-17-14-13(8-12(16)9-18-14)15(20)19-10(2)7-11-4-5-11/h8-11H,3-7H2,1-2H3,(H,17,18)(H,19,20). The Morgan fingerprint density at radius 1 is 1.55 bits per heavy atom. The first kappa shape index (κ1) is 15.3. The molecule has 110 valence electrons. The summed E-state index contributed by atoms with van der Waals surface area (Å²) in [7, 11) is 0. The number of aromatic nitrogens is 1. The molecule has 1 fully saturated rings. The van der Waals surface area contributed by atoms with Crippen molar-refractivity contribution in [3.05, 3.63) is 22.3 Å². The smallest absolute Gasteiger partial charge is 0.255 e. The van der Waals surface area contributed by atoms with Crippen molar-refractivity contribution in [2.24, 2.45) is 5.92 Å². The van der Waals surface area contributed by atoms with Crippen molar-refractivity contribution in [1.29, 1.82) is 0 Å². The normalized spacial score (nSPS) is 15.8. The monoisotopic (exact) mass is 339 g/mol. The van der Waals surface area contributed by atoms with Crippen LogP contribution in [0, 0.1) is 5.92 Å². The van der Waals surface area contributed by atoms with Crippen LogP contribution in [-0.2, 0) is 0 Å². The van der Waals surface area contributed by atoms with Crippen LogP contribution in [0.1, 0.15) is 49.9 Å². The van der Waals surface area contributed by atoms with Gasteiger partial charge in [0.15, 0.2) is 0 Å². The fourth-order valence-corrected chi connectivity index (χ4v) is 2.54. The topological polar surface area (TPSA) is 54.0 Å². The maximum atomic E-state index is 12.4. The highest BCUT2D eigenvalue weighted by Gasteiger charge is 2.25. The van der Waals surface area contributed by atoms with Crippen LogP contribution < -0.4 is 10.6 Å². The van der Waals surface area contributed by atoms with Crippen molar-refractivity contribution < 1.29 is 4.79 Å². The minimum absolute atomic E-state index is 0.0504. The number of rotatable bonds is 7. The van der Waals surface area contributed by atoms with Crippen molar-refractivity contribution in [3.63, 3.8) is 0 Å². The molecule has 0 saturated heterocycles. The van der Waals surface area contributed by atoms with E-state index in [2.05, 4.69) is 45.4 Å². The number of halogens is 1. The van der Waals surface area contributed by atoms with Crippen molar-refractivity contribution in [2.45, 2.75) is 45.6 Å². The van der Waals surface area contributed by atoms with Crippen molar-refractivity contribution in [3.8, 4) is 0 Å². The third kappa shape index (κ3) is 4.47. The van der Waals surface area contributed by atoms with Gasteiger partial charge in [-0.05, 0) is 47.7 Å². The lowest BCUT2D eigenvalue weighted by molar-refractivity contribution is 0.0938. The highest BCUT2D eigenvalue weighted by molar-refractivity contribution is 9.10. The average molecular weight is 340 g/mol. The zero-order valence-corrected chi connectivity index (χ0v) is 13.7. The Bertz CT molecular complexity index is 474. The molecule has 5 heteroatoms. The van der Waals surface area contributed by atoms with Gasteiger partial charge in [-0.2, -0.15) is 0 Å². The Morgan fingerprint density at radius 2 is 2.30 bits per heavy atom. The SMILES string of the molecule is CCCNc1ncc(Br)cc1C(=O)NC(C)CC1CC1. The van der Waals surface area contributed by atoms with Crippen LogP contribution in [-0.4, -0.2) is 23.5 Å². The molecule has 2 N–H and O–H groups in total. The molecule has 0 bridgehead atoms. The lowest BCUT2D eigenvalue weighted by Crippen LogP contribution is -2.33. The molecule has 1 heterocycles. The number of amides is 1. The maximum absolute atomic E-state index is 12.4. The Labute approximate surface area is 128 Å². The summed E-state index contributed by atoms with van der Waals surface area (Å²) in [5.74, 6) is 1.42. The molecule has 1 aromatic rings. The molecular weight excluding hydrogens is 318 g/mol. The van der Waals surface area contributed by atoms with Crippen LogP contribution in [0.2, 0.25) is 0 Å². The van der Waals surface area contributed by atoms with Crippen LogP contribution in [0.3, 0.4) is 0 Å². The average Bonchev–Trinajstić information content (AvgIpc) is 3.20. The van der Waals surface area contributed by atoms with E-state index in [-0.39, 0.29) is 11.9 Å². The van der Waals surface area contributed by atoms with E-state index in [4.69, 9.17) is 0 Å². The van der Waals surface area contributed by atoms with Gasteiger partial charge in [0.2, 0.25) is 0 Å². The van der Waals surface area contributed by atoms with Gasteiger partial charge in [-0.1, -0.05) is 19.8 Å². The molecule has 1 aromatic heterocycles. The lowest BCUT2D eigenvalue weighted by atomic mass is 10.1. The molecule has 2 rings (SSSR count). The number of pyridine rings is 1. The van der Waals surface area contributed by atoms with Gasteiger partial charge in [0.1, 0.15) is 5.82 Å². The molecule has 4 nitrogen and oxygen atoms in total. The second kappa shape index (κ2) is 7.07. The molecule has 20 heavy (non-hydrogen) atoms. The van der Waals surface area contributed by atoms with E-state index < -0.39 is 0 Å². The first-order valence-corrected chi connectivity index (χ1v) is 8.09. The van der Waals surface area contributed by atoms with Crippen molar-refractivity contribution >= 4 is 27.7 Å². The largest absolute Gasteiger partial charge is 0.369 e. The summed E-state index contributed by atoms with van der Waals surface area (Å²) in [5, 5.41) is 6.28. The number of carbonyl (C=O) groups excluding carboxylic acids is 1. The number of nitrogens with one attached hydrogen (secondary N) is 2. The van der Waals surface area contributed by atoms with Crippen molar-refractivity contribution in [2.75, 3.05) is 11.9 Å². The summed E-state index contributed by atoms with van der Waals surface area (Å²) in [6.45, 7) is 4.97. The second-order valence-corrected chi connectivity index (χ2v) is 6.45. The van der Waals surface area contributed by atoms with Gasteiger partial charge in [-0.25, -0.2) is 4.98 Å². The van der Waals surface area contributed by atoms with Crippen LogP contribution in [0.5, 0.6) is 0 Å². The molecule has 1 saturated carbocycles. The Balaban J connectivity index is 2.03. The Kier molecular flexibility index (Phi) is 5.40. The Hall–Kier alpha value is -1.10. The van der Waals surface area contributed by atoms with Gasteiger partial charge in [0.25, 0.3) is 5.91 Å². The number of carbonyl (C=O) groups is 1. The van der Waals surface area contributed by atoms with Gasteiger partial charge >= 0.3 is 0 Å². The first-order valence-electron chi connectivity index (χ1n) is 7.30. The molecule has 0 aromatic carbocycles. The molecule has 1 aliphatic rings. The number of hydrogen-bond acceptors (Lipinski definition) is 3. The van der Waals surface area contributed by atoms with Crippen LogP contribution in [0.25, 0.3) is 0 Å². The minimum Gasteiger partial charge on any atom is -0.369 e. The van der Waals surface area contributed by atoms with Gasteiger partial charge in [-0.15, -0.1) is 0 Å². The highest BCUT2D eigenvalue weighted by Crippen LogP contribution is 2.33. The molecule has 1 amide bonds. The third-order valence-corrected chi connectivity index (χ3v) is 3.84. The first-order chi connectivity index (χ1) is 9.60. The number of hydrogen-bond donors (Lipinski definition) is 2. The molecule has 0 spiro atoms. The number of anilines is 1. The van der Waals surface area contributed by atoms with E-state index >= 15 is 0 Å². The molecule has 0 aliphatic heterocycles. The second-order valence-electron chi connectivity index (χ2n) is 5.53. The van der Waals surface area contributed by atoms with Crippen LogP contribution >= 0.6 is 15.9 Å². The molecule has 0 radical (unpaired) electrons. The van der Waals surface area contributed by atoms with Crippen LogP contribution in [0.15, 0.2) is 16.7 Å². The summed E-state index contributed by atoms with van der Waals surface area (Å²) in [5.41, 5.74) is 0.607. The predicted octanol–water partition coefficient (Wildman–Crippen LogP) is 3.58. The lowest BCUT2D eigenvalue weighted by Gasteiger charge is -2.15. The van der Waals surface area contributed by atoms with E-state index in [9.17, 15) is 4.79 Å². The zero-order chi connectivity index (χ0) is 14.5. The summed E-state index contributed by atoms with van der Waals surface area (Å²) in [6, 6.07) is 2.04. The van der Waals surface area contributed by atoms with Gasteiger partial charge in [0, 0.05) is 23.3 Å². The zero-order valence-electron chi connectivity index (χ0n) is 12.1. The minimum atomic E-state index is -0.0504. The molecule has 1 unspecified atom stereocenters. The summed E-state index contributed by atoms with van der Waals surface area (Å²) in [6.07, 6.45) is 6.40. The molecular formula is C15H22BrN3O. The Morgan fingerprint density at radius 3 is 2.95 bits per heavy atom. The van der Waals surface area contributed by atoms with E-state index in [1.807, 2.05) is 6.07 Å². The van der Waals surface area contributed by atoms with Gasteiger partial charge < -0.3 is 10.6 Å². The van der Waals surface area contributed by atoms with E-state index in [1.165, 1.54) is 12.8 Å². The summed E-state index contributed by atoms with van der Waals surface area (Å²) < 4.78 is 0.819. The number of nitrogens with zero attached hydrogens (tertiary/aromatic N) is 1. The van der Waals surface area contributed by atoms with E-state index in [0.29, 0.717) is 11.4 Å². The highest BCUT2D eigenvalue weighted by atomic mass is 79.9. The molecule has 1 aliphatic carbocycles. The van der Waals surface area contributed by atoms with E-state index in [0.717, 1.165) is 29.8 Å². The third-order valence-electron chi connectivity index (χ3n) is 3.40. The fourth-order valence-electron chi connectivity index (χ4n) is 2.21. The fraction of sp³-hybridized carbons (Fsp3) is 0.600. The summed E-state index contributed by atoms with van der Waals surface area (Å²) >= 11 is 3.38. The van der Waals surface area contributed by atoms with Gasteiger partial charge in [0.05, 0.1) is 5.56 Å². The quantitative estimate of drug-likeness (QED) is 0.798. The summed E-state index contributed by atoms with van der Waals surface area (Å²) in [4.78, 5) is 16.7. The van der Waals surface area contributed by atoms with E-state index in [1.54, 1.807) is 6.20 Å². The van der Waals surface area contributed by atoms with Crippen LogP contribution in [0.4, 0.5) is 5.82 Å². The van der Waals surface area contributed by atoms with Crippen molar-refractivity contribution in [1.82, 2.24) is 10.3 Å². The predicted molar refractivity (Wildman–Crippen MR) is 85.0 cm³/mol.